The monoisotopic (exact) mass is 392 g/mol. The molecule has 1 aromatic heterocycles. The van der Waals surface area contributed by atoms with Crippen LogP contribution in [-0.4, -0.2) is 31.6 Å². The van der Waals surface area contributed by atoms with Gasteiger partial charge in [-0.3, -0.25) is 9.59 Å². The third-order valence-corrected chi connectivity index (χ3v) is 5.22. The Kier molecular flexibility index (Phi) is 6.66. The number of hydrogen-bond acceptors (Lipinski definition) is 4. The Hall–Kier alpha value is -1.89. The highest BCUT2D eigenvalue weighted by molar-refractivity contribution is 7.12. The zero-order valence-corrected chi connectivity index (χ0v) is 15.9. The second-order valence-corrected chi connectivity index (χ2v) is 7.61. The van der Waals surface area contributed by atoms with Gasteiger partial charge in [0.15, 0.2) is 0 Å². The number of halogens is 1. The van der Waals surface area contributed by atoms with Crippen LogP contribution >= 0.6 is 22.9 Å². The van der Waals surface area contributed by atoms with Gasteiger partial charge in [0.25, 0.3) is 11.8 Å². The lowest BCUT2D eigenvalue weighted by atomic mass is 10.2. The van der Waals surface area contributed by atoms with Gasteiger partial charge in [-0.25, -0.2) is 0 Å². The van der Waals surface area contributed by atoms with Crippen LogP contribution in [0, 0.1) is 5.92 Å². The molecule has 0 aliphatic heterocycles. The predicted molar refractivity (Wildman–Crippen MR) is 104 cm³/mol. The van der Waals surface area contributed by atoms with Crippen molar-refractivity contribution in [3.63, 3.8) is 0 Å². The first-order valence-corrected chi connectivity index (χ1v) is 9.89. The number of ether oxygens (including phenoxy) is 1. The highest BCUT2D eigenvalue weighted by Gasteiger charge is 2.20. The third kappa shape index (κ3) is 5.56. The number of amides is 2. The molecular weight excluding hydrogens is 372 g/mol. The molecule has 26 heavy (non-hydrogen) atoms. The van der Waals surface area contributed by atoms with Crippen LogP contribution < -0.4 is 10.6 Å². The fourth-order valence-corrected chi connectivity index (χ4v) is 3.15. The molecule has 1 fully saturated rings. The summed E-state index contributed by atoms with van der Waals surface area (Å²) in [4.78, 5) is 25.0. The lowest BCUT2D eigenvalue weighted by Gasteiger charge is -2.10. The van der Waals surface area contributed by atoms with Crippen LogP contribution in [-0.2, 0) is 4.74 Å². The molecule has 0 bridgehead atoms. The Labute approximate surface area is 161 Å². The fraction of sp³-hybridized carbons (Fsp3) is 0.368. The van der Waals surface area contributed by atoms with Crippen LogP contribution in [0.1, 0.15) is 39.3 Å². The maximum absolute atomic E-state index is 12.3. The molecule has 0 atom stereocenters. The van der Waals surface area contributed by atoms with Crippen molar-refractivity contribution in [2.75, 3.05) is 25.1 Å². The molecule has 1 saturated carbocycles. The molecule has 2 amide bonds. The van der Waals surface area contributed by atoms with Gasteiger partial charge in [-0.05, 0) is 54.8 Å². The fourth-order valence-electron chi connectivity index (χ4n) is 2.37. The zero-order valence-electron chi connectivity index (χ0n) is 14.3. The average molecular weight is 393 g/mol. The van der Waals surface area contributed by atoms with Crippen molar-refractivity contribution in [1.29, 1.82) is 0 Å². The Bertz CT molecular complexity index is 760. The molecule has 138 valence electrons. The second-order valence-electron chi connectivity index (χ2n) is 6.25. The summed E-state index contributed by atoms with van der Waals surface area (Å²) < 4.78 is 5.54. The van der Waals surface area contributed by atoms with Crippen molar-refractivity contribution >= 4 is 40.4 Å². The first-order chi connectivity index (χ1) is 12.6. The molecule has 0 unspecified atom stereocenters. The molecule has 7 heteroatoms. The molecule has 0 spiro atoms. The SMILES string of the molecule is O=C(NCCCOCC1CC1)c1ccc(Cl)c(NC(=O)c2cccs2)c1. The van der Waals surface area contributed by atoms with Crippen LogP contribution in [0.3, 0.4) is 0 Å². The number of rotatable bonds is 9. The van der Waals surface area contributed by atoms with Crippen molar-refractivity contribution in [2.24, 2.45) is 5.92 Å². The zero-order chi connectivity index (χ0) is 18.4. The van der Waals surface area contributed by atoms with Crippen molar-refractivity contribution in [3.05, 3.63) is 51.2 Å². The molecule has 0 radical (unpaired) electrons. The summed E-state index contributed by atoms with van der Waals surface area (Å²) in [5.41, 5.74) is 0.875. The Morgan fingerprint density at radius 2 is 2.08 bits per heavy atom. The van der Waals surface area contributed by atoms with E-state index in [0.717, 1.165) is 18.9 Å². The normalized spacial score (nSPS) is 13.4. The van der Waals surface area contributed by atoms with Crippen molar-refractivity contribution in [3.8, 4) is 0 Å². The van der Waals surface area contributed by atoms with Crippen LogP contribution in [0.25, 0.3) is 0 Å². The summed E-state index contributed by atoms with van der Waals surface area (Å²) in [6, 6.07) is 8.38. The van der Waals surface area contributed by atoms with Crippen LogP contribution in [0.5, 0.6) is 0 Å². The summed E-state index contributed by atoms with van der Waals surface area (Å²) >= 11 is 7.48. The average Bonchev–Trinajstić information content (AvgIpc) is 3.29. The Morgan fingerprint density at radius 3 is 2.81 bits per heavy atom. The topological polar surface area (TPSA) is 67.4 Å². The molecule has 1 aliphatic carbocycles. The second kappa shape index (κ2) is 9.16. The van der Waals surface area contributed by atoms with Gasteiger partial charge < -0.3 is 15.4 Å². The standard InChI is InChI=1S/C19H21ClN2O3S/c20-15-7-6-14(11-16(15)22-19(24)17-3-1-10-26-17)18(23)21-8-2-9-25-12-13-4-5-13/h1,3,6-7,10-11,13H,2,4-5,8-9,12H2,(H,21,23)(H,22,24). The molecule has 1 aliphatic rings. The highest BCUT2D eigenvalue weighted by atomic mass is 35.5. The van der Waals surface area contributed by atoms with E-state index in [0.29, 0.717) is 34.3 Å². The number of benzene rings is 1. The maximum atomic E-state index is 12.3. The lowest BCUT2D eigenvalue weighted by Crippen LogP contribution is -2.25. The number of carbonyl (C=O) groups excluding carboxylic acids is 2. The minimum absolute atomic E-state index is 0.199. The molecule has 3 rings (SSSR count). The van der Waals surface area contributed by atoms with Crippen LogP contribution in [0.4, 0.5) is 5.69 Å². The molecule has 5 nitrogen and oxygen atoms in total. The largest absolute Gasteiger partial charge is 0.381 e. The first kappa shape index (κ1) is 18.9. The summed E-state index contributed by atoms with van der Waals surface area (Å²) in [5, 5.41) is 7.82. The number of thiophene rings is 1. The molecule has 0 saturated heterocycles. The minimum atomic E-state index is -0.243. The van der Waals surface area contributed by atoms with Gasteiger partial charge in [-0.1, -0.05) is 17.7 Å². The summed E-state index contributed by atoms with van der Waals surface area (Å²) in [6.45, 7) is 2.03. The maximum Gasteiger partial charge on any atom is 0.265 e. The summed E-state index contributed by atoms with van der Waals surface area (Å²) in [5.74, 6) is 0.309. The molecule has 2 N–H and O–H groups in total. The molecule has 1 aromatic carbocycles. The lowest BCUT2D eigenvalue weighted by molar-refractivity contribution is 0.0936. The van der Waals surface area contributed by atoms with Crippen molar-refractivity contribution in [2.45, 2.75) is 19.3 Å². The van der Waals surface area contributed by atoms with Gasteiger partial charge in [0, 0.05) is 25.3 Å². The van der Waals surface area contributed by atoms with Gasteiger partial charge in [-0.15, -0.1) is 11.3 Å². The van der Waals surface area contributed by atoms with Crippen molar-refractivity contribution < 1.29 is 14.3 Å². The summed E-state index contributed by atoms with van der Waals surface area (Å²) in [7, 11) is 0. The smallest absolute Gasteiger partial charge is 0.265 e. The number of hydrogen-bond donors (Lipinski definition) is 2. The van der Waals surface area contributed by atoms with Gasteiger partial charge in [0.1, 0.15) is 0 Å². The van der Waals surface area contributed by atoms with Gasteiger partial charge in [0.2, 0.25) is 0 Å². The van der Waals surface area contributed by atoms with Gasteiger partial charge in [0.05, 0.1) is 15.6 Å². The van der Waals surface area contributed by atoms with E-state index in [1.807, 2.05) is 5.38 Å². The molecule has 1 heterocycles. The van der Waals surface area contributed by atoms with E-state index in [4.69, 9.17) is 16.3 Å². The van der Waals surface area contributed by atoms with Crippen LogP contribution in [0.15, 0.2) is 35.7 Å². The van der Waals surface area contributed by atoms with E-state index in [1.54, 1.807) is 30.3 Å². The number of nitrogens with one attached hydrogen (secondary N) is 2. The predicted octanol–water partition coefficient (Wildman–Crippen LogP) is 4.20. The van der Waals surface area contributed by atoms with Gasteiger partial charge >= 0.3 is 0 Å². The van der Waals surface area contributed by atoms with Gasteiger partial charge in [-0.2, -0.15) is 0 Å². The molecular formula is C19H21ClN2O3S. The quantitative estimate of drug-likeness (QED) is 0.628. The van der Waals surface area contributed by atoms with E-state index >= 15 is 0 Å². The number of anilines is 1. The number of carbonyl (C=O) groups is 2. The molecule has 2 aromatic rings. The first-order valence-electron chi connectivity index (χ1n) is 8.64. The van der Waals surface area contributed by atoms with E-state index in [-0.39, 0.29) is 11.8 Å². The van der Waals surface area contributed by atoms with Crippen LogP contribution in [0.2, 0.25) is 5.02 Å². The Balaban J connectivity index is 1.49. The van der Waals surface area contributed by atoms with E-state index in [1.165, 1.54) is 24.2 Å². The Morgan fingerprint density at radius 1 is 1.23 bits per heavy atom. The van der Waals surface area contributed by atoms with Crippen molar-refractivity contribution in [1.82, 2.24) is 5.32 Å². The highest BCUT2D eigenvalue weighted by Crippen LogP contribution is 2.28. The third-order valence-electron chi connectivity index (χ3n) is 4.02. The summed E-state index contributed by atoms with van der Waals surface area (Å²) in [6.07, 6.45) is 3.32. The minimum Gasteiger partial charge on any atom is -0.381 e. The van der Waals surface area contributed by atoms with E-state index in [9.17, 15) is 9.59 Å². The van der Waals surface area contributed by atoms with E-state index in [2.05, 4.69) is 10.6 Å². The van der Waals surface area contributed by atoms with E-state index < -0.39 is 0 Å².